The highest BCUT2D eigenvalue weighted by atomic mass is 15.3. The van der Waals surface area contributed by atoms with Gasteiger partial charge in [-0.3, -0.25) is 9.80 Å². The van der Waals surface area contributed by atoms with Gasteiger partial charge in [-0.05, 0) is 32.0 Å². The molecular weight excluding hydrogens is 234 g/mol. The van der Waals surface area contributed by atoms with Gasteiger partial charge in [0.15, 0.2) is 0 Å². The van der Waals surface area contributed by atoms with Gasteiger partial charge in [-0.25, -0.2) is 0 Å². The maximum atomic E-state index is 3.21. The van der Waals surface area contributed by atoms with E-state index in [9.17, 15) is 0 Å². The van der Waals surface area contributed by atoms with Crippen molar-refractivity contribution in [3.63, 3.8) is 0 Å². The first-order chi connectivity index (χ1) is 9.19. The minimum absolute atomic E-state index is 0.682. The Kier molecular flexibility index (Phi) is 5.37. The number of benzene rings is 1. The first-order valence-corrected chi connectivity index (χ1v) is 7.38. The molecule has 1 aromatic rings. The van der Waals surface area contributed by atoms with Crippen molar-refractivity contribution in [1.29, 1.82) is 0 Å². The summed E-state index contributed by atoms with van der Waals surface area (Å²) in [6.45, 7) is 11.4. The fraction of sp³-hybridized carbons (Fsp3) is 0.625. The second-order valence-corrected chi connectivity index (χ2v) is 5.76. The largest absolute Gasteiger partial charge is 0.316 e. The van der Waals surface area contributed by atoms with E-state index in [-0.39, 0.29) is 0 Å². The Hall–Kier alpha value is -0.900. The molecule has 0 unspecified atom stereocenters. The zero-order chi connectivity index (χ0) is 13.7. The number of rotatable bonds is 5. The van der Waals surface area contributed by atoms with Crippen LogP contribution in [0.5, 0.6) is 0 Å². The average molecular weight is 261 g/mol. The molecule has 1 fully saturated rings. The Morgan fingerprint density at radius 1 is 1.11 bits per heavy atom. The highest BCUT2D eigenvalue weighted by Gasteiger charge is 2.18. The van der Waals surface area contributed by atoms with E-state index in [2.05, 4.69) is 53.2 Å². The molecule has 0 radical (unpaired) electrons. The minimum Gasteiger partial charge on any atom is -0.316 e. The van der Waals surface area contributed by atoms with Crippen LogP contribution in [-0.2, 0) is 13.1 Å². The number of piperazine rings is 1. The van der Waals surface area contributed by atoms with Crippen LogP contribution in [0, 0.1) is 0 Å². The van der Waals surface area contributed by atoms with Gasteiger partial charge < -0.3 is 5.32 Å². The molecule has 0 atom stereocenters. The Bertz CT molecular complexity index is 381. The van der Waals surface area contributed by atoms with Crippen molar-refractivity contribution < 1.29 is 0 Å². The molecule has 3 nitrogen and oxygen atoms in total. The van der Waals surface area contributed by atoms with Crippen LogP contribution >= 0.6 is 0 Å². The summed E-state index contributed by atoms with van der Waals surface area (Å²) in [6.07, 6.45) is 0. The van der Waals surface area contributed by atoms with Crippen molar-refractivity contribution in [2.75, 3.05) is 33.2 Å². The fourth-order valence-electron chi connectivity index (χ4n) is 2.74. The van der Waals surface area contributed by atoms with Crippen molar-refractivity contribution in [2.24, 2.45) is 0 Å². The molecule has 1 aromatic carbocycles. The first-order valence-electron chi connectivity index (χ1n) is 7.38. The highest BCUT2D eigenvalue weighted by molar-refractivity contribution is 5.23. The third kappa shape index (κ3) is 4.30. The van der Waals surface area contributed by atoms with E-state index in [0.717, 1.165) is 13.1 Å². The normalized spacial score (nSPS) is 18.1. The maximum absolute atomic E-state index is 3.21. The van der Waals surface area contributed by atoms with Crippen LogP contribution < -0.4 is 5.32 Å². The number of hydrogen-bond acceptors (Lipinski definition) is 3. The smallest absolute Gasteiger partial charge is 0.0234 e. The van der Waals surface area contributed by atoms with Gasteiger partial charge in [0.05, 0.1) is 0 Å². The van der Waals surface area contributed by atoms with E-state index in [1.807, 2.05) is 7.05 Å². The summed E-state index contributed by atoms with van der Waals surface area (Å²) in [5, 5.41) is 3.21. The third-order valence-corrected chi connectivity index (χ3v) is 3.92. The van der Waals surface area contributed by atoms with E-state index in [0.29, 0.717) is 6.04 Å². The third-order valence-electron chi connectivity index (χ3n) is 3.92. The molecule has 0 saturated carbocycles. The molecule has 1 N–H and O–H groups in total. The summed E-state index contributed by atoms with van der Waals surface area (Å²) in [7, 11) is 2.00. The Morgan fingerprint density at radius 3 is 2.42 bits per heavy atom. The molecule has 0 aromatic heterocycles. The summed E-state index contributed by atoms with van der Waals surface area (Å²) in [6, 6.07) is 9.61. The lowest BCUT2D eigenvalue weighted by atomic mass is 10.1. The van der Waals surface area contributed by atoms with E-state index < -0.39 is 0 Å². The van der Waals surface area contributed by atoms with Gasteiger partial charge >= 0.3 is 0 Å². The van der Waals surface area contributed by atoms with Crippen LogP contribution in [0.15, 0.2) is 24.3 Å². The zero-order valence-electron chi connectivity index (χ0n) is 12.5. The van der Waals surface area contributed by atoms with Crippen LogP contribution in [-0.4, -0.2) is 49.1 Å². The average Bonchev–Trinajstić information content (AvgIpc) is 2.40. The fourth-order valence-corrected chi connectivity index (χ4v) is 2.74. The molecule has 1 aliphatic rings. The Balaban J connectivity index is 1.86. The SMILES string of the molecule is CNCc1cccc(CN2CCN(C(C)C)CC2)c1. The van der Waals surface area contributed by atoms with Crippen molar-refractivity contribution in [3.05, 3.63) is 35.4 Å². The molecule has 1 heterocycles. The monoisotopic (exact) mass is 261 g/mol. The molecule has 1 aliphatic heterocycles. The van der Waals surface area contributed by atoms with Crippen LogP contribution in [0.25, 0.3) is 0 Å². The molecule has 0 bridgehead atoms. The molecule has 0 amide bonds. The Morgan fingerprint density at radius 2 is 1.79 bits per heavy atom. The van der Waals surface area contributed by atoms with Crippen molar-refractivity contribution in [2.45, 2.75) is 33.0 Å². The van der Waals surface area contributed by atoms with E-state index in [1.165, 1.54) is 37.3 Å². The molecule has 2 rings (SSSR count). The molecule has 106 valence electrons. The summed E-state index contributed by atoms with van der Waals surface area (Å²) in [4.78, 5) is 5.13. The van der Waals surface area contributed by atoms with Gasteiger partial charge in [-0.15, -0.1) is 0 Å². The number of nitrogens with zero attached hydrogens (tertiary/aromatic N) is 2. The second-order valence-electron chi connectivity index (χ2n) is 5.76. The van der Waals surface area contributed by atoms with E-state index in [4.69, 9.17) is 0 Å². The van der Waals surface area contributed by atoms with Gasteiger partial charge in [-0.1, -0.05) is 24.3 Å². The molecule has 1 saturated heterocycles. The first kappa shape index (κ1) is 14.5. The van der Waals surface area contributed by atoms with Crippen LogP contribution in [0.3, 0.4) is 0 Å². The summed E-state index contributed by atoms with van der Waals surface area (Å²) < 4.78 is 0. The van der Waals surface area contributed by atoms with Crippen LogP contribution in [0.1, 0.15) is 25.0 Å². The van der Waals surface area contributed by atoms with Gasteiger partial charge in [0.2, 0.25) is 0 Å². The molecular formula is C16H27N3. The lowest BCUT2D eigenvalue weighted by Crippen LogP contribution is -2.48. The standard InChI is InChI=1S/C16H27N3/c1-14(2)19-9-7-18(8-10-19)13-16-6-4-5-15(11-16)12-17-3/h4-6,11,14,17H,7-10,12-13H2,1-3H3. The summed E-state index contributed by atoms with van der Waals surface area (Å²) in [5.74, 6) is 0. The lowest BCUT2D eigenvalue weighted by Gasteiger charge is -2.37. The number of nitrogens with one attached hydrogen (secondary N) is 1. The zero-order valence-corrected chi connectivity index (χ0v) is 12.5. The molecule has 3 heteroatoms. The highest BCUT2D eigenvalue weighted by Crippen LogP contribution is 2.12. The predicted octanol–water partition coefficient (Wildman–Crippen LogP) is 1.93. The molecule has 19 heavy (non-hydrogen) atoms. The number of hydrogen-bond donors (Lipinski definition) is 1. The summed E-state index contributed by atoms with van der Waals surface area (Å²) >= 11 is 0. The maximum Gasteiger partial charge on any atom is 0.0234 e. The lowest BCUT2D eigenvalue weighted by molar-refractivity contribution is 0.104. The van der Waals surface area contributed by atoms with Crippen molar-refractivity contribution in [1.82, 2.24) is 15.1 Å². The Labute approximate surface area is 117 Å². The van der Waals surface area contributed by atoms with Gasteiger partial charge in [0, 0.05) is 45.3 Å². The van der Waals surface area contributed by atoms with Gasteiger partial charge in [0.1, 0.15) is 0 Å². The minimum atomic E-state index is 0.682. The predicted molar refractivity (Wildman–Crippen MR) is 81.2 cm³/mol. The quantitative estimate of drug-likeness (QED) is 0.874. The van der Waals surface area contributed by atoms with E-state index in [1.54, 1.807) is 0 Å². The van der Waals surface area contributed by atoms with E-state index >= 15 is 0 Å². The topological polar surface area (TPSA) is 18.5 Å². The van der Waals surface area contributed by atoms with Crippen molar-refractivity contribution in [3.8, 4) is 0 Å². The van der Waals surface area contributed by atoms with Gasteiger partial charge in [-0.2, -0.15) is 0 Å². The summed E-state index contributed by atoms with van der Waals surface area (Å²) in [5.41, 5.74) is 2.81. The van der Waals surface area contributed by atoms with Gasteiger partial charge in [0.25, 0.3) is 0 Å². The van der Waals surface area contributed by atoms with Crippen molar-refractivity contribution >= 4 is 0 Å². The molecule has 0 spiro atoms. The molecule has 0 aliphatic carbocycles. The van der Waals surface area contributed by atoms with Crippen LogP contribution in [0.4, 0.5) is 0 Å². The van der Waals surface area contributed by atoms with Crippen LogP contribution in [0.2, 0.25) is 0 Å². The second kappa shape index (κ2) is 7.04.